The molecular weight excluding hydrogens is 530 g/mol. The lowest BCUT2D eigenvalue weighted by Crippen LogP contribution is -2.20. The lowest BCUT2D eigenvalue weighted by molar-refractivity contribution is -0.118. The van der Waals surface area contributed by atoms with E-state index < -0.39 is 0 Å². The van der Waals surface area contributed by atoms with Gasteiger partial charge in [0.25, 0.3) is 5.91 Å². The van der Waals surface area contributed by atoms with Gasteiger partial charge in [-0.15, -0.1) is 10.2 Å². The van der Waals surface area contributed by atoms with Crippen molar-refractivity contribution in [3.05, 3.63) is 82.3 Å². The predicted molar refractivity (Wildman–Crippen MR) is 140 cm³/mol. The molecular formula is C25H22BrN5O3S. The Kier molecular flexibility index (Phi) is 7.84. The Bertz CT molecular complexity index is 1360. The molecule has 0 aliphatic heterocycles. The third-order valence-corrected chi connectivity index (χ3v) is 6.50. The summed E-state index contributed by atoms with van der Waals surface area (Å²) >= 11 is 4.53. The number of para-hydroxylation sites is 1. The molecule has 0 unspecified atom stereocenters. The number of nitrogens with zero attached hydrogens (tertiary/aromatic N) is 4. The number of phenolic OH excluding ortho intramolecular Hbond substituents is 1. The van der Waals surface area contributed by atoms with Crippen LogP contribution in [0.1, 0.15) is 11.1 Å². The van der Waals surface area contributed by atoms with Crippen LogP contribution in [-0.2, 0) is 4.79 Å². The highest BCUT2D eigenvalue weighted by atomic mass is 79.9. The molecule has 1 aromatic heterocycles. The molecule has 8 nitrogen and oxygen atoms in total. The summed E-state index contributed by atoms with van der Waals surface area (Å²) in [6.45, 7) is 2.03. The molecule has 0 aliphatic rings. The van der Waals surface area contributed by atoms with Gasteiger partial charge in [-0.25, -0.2) is 5.43 Å². The van der Waals surface area contributed by atoms with Crippen molar-refractivity contribution in [2.75, 3.05) is 12.9 Å². The Morgan fingerprint density at radius 3 is 2.63 bits per heavy atom. The molecule has 0 bridgehead atoms. The lowest BCUT2D eigenvalue weighted by Gasteiger charge is -2.10. The maximum absolute atomic E-state index is 12.4. The summed E-state index contributed by atoms with van der Waals surface area (Å²) in [7, 11) is 1.46. The van der Waals surface area contributed by atoms with Crippen molar-refractivity contribution in [3.63, 3.8) is 0 Å². The molecule has 1 heterocycles. The highest BCUT2D eigenvalue weighted by Crippen LogP contribution is 2.34. The van der Waals surface area contributed by atoms with Gasteiger partial charge in [-0.3, -0.25) is 9.36 Å². The largest absolute Gasteiger partial charge is 0.503 e. The number of halogens is 1. The lowest BCUT2D eigenvalue weighted by atomic mass is 10.1. The molecule has 0 radical (unpaired) electrons. The van der Waals surface area contributed by atoms with Crippen molar-refractivity contribution in [3.8, 4) is 28.6 Å². The molecule has 35 heavy (non-hydrogen) atoms. The van der Waals surface area contributed by atoms with Crippen LogP contribution in [0.5, 0.6) is 11.5 Å². The van der Waals surface area contributed by atoms with Crippen LogP contribution in [0.25, 0.3) is 17.1 Å². The molecule has 0 saturated carbocycles. The molecule has 4 aromatic rings. The minimum absolute atomic E-state index is 0.00220. The molecule has 3 aromatic carbocycles. The number of hydrazone groups is 1. The minimum atomic E-state index is -0.296. The summed E-state index contributed by atoms with van der Waals surface area (Å²) in [5.41, 5.74) is 6.15. The molecule has 0 aliphatic carbocycles. The smallest absolute Gasteiger partial charge is 0.250 e. The Labute approximate surface area is 215 Å². The van der Waals surface area contributed by atoms with E-state index in [1.807, 2.05) is 66.1 Å². The van der Waals surface area contributed by atoms with Crippen molar-refractivity contribution in [2.24, 2.45) is 5.10 Å². The quantitative estimate of drug-likeness (QED) is 0.182. The molecule has 0 fully saturated rings. The average molecular weight is 552 g/mol. The van der Waals surface area contributed by atoms with Crippen molar-refractivity contribution in [2.45, 2.75) is 12.1 Å². The molecule has 4 rings (SSSR count). The van der Waals surface area contributed by atoms with Crippen molar-refractivity contribution in [1.82, 2.24) is 20.2 Å². The van der Waals surface area contributed by atoms with Crippen LogP contribution in [-0.4, -0.2) is 44.9 Å². The van der Waals surface area contributed by atoms with Gasteiger partial charge in [0.05, 0.1) is 23.5 Å². The normalized spacial score (nSPS) is 11.1. The standard InChI is InChI=1S/C25H22BrN5O3S/c1-16-8-10-18(11-9-16)24-29-30-25(31(24)19-6-4-3-5-7-19)35-15-22(32)28-27-14-17-12-20(26)23(33)21(13-17)34-2/h3-14,33H,15H2,1-2H3,(H,28,32). The van der Waals surface area contributed by atoms with Crippen molar-refractivity contribution in [1.29, 1.82) is 0 Å². The number of nitrogens with one attached hydrogen (secondary N) is 1. The van der Waals surface area contributed by atoms with E-state index in [2.05, 4.69) is 36.7 Å². The second-order valence-corrected chi connectivity index (χ2v) is 9.28. The van der Waals surface area contributed by atoms with Gasteiger partial charge in [0.15, 0.2) is 22.5 Å². The van der Waals surface area contributed by atoms with E-state index in [4.69, 9.17) is 4.74 Å². The van der Waals surface area contributed by atoms with E-state index in [0.717, 1.165) is 16.8 Å². The van der Waals surface area contributed by atoms with Crippen LogP contribution in [0.3, 0.4) is 0 Å². The fraction of sp³-hybridized carbons (Fsp3) is 0.120. The number of aromatic nitrogens is 3. The number of aryl methyl sites for hydroxylation is 1. The van der Waals surface area contributed by atoms with E-state index in [9.17, 15) is 9.90 Å². The van der Waals surface area contributed by atoms with Gasteiger partial charge >= 0.3 is 0 Å². The first kappa shape index (κ1) is 24.5. The Balaban J connectivity index is 1.48. The molecule has 0 atom stereocenters. The maximum Gasteiger partial charge on any atom is 0.250 e. The molecule has 2 N–H and O–H groups in total. The average Bonchev–Trinajstić information content (AvgIpc) is 3.29. The van der Waals surface area contributed by atoms with Crippen molar-refractivity contribution < 1.29 is 14.6 Å². The van der Waals surface area contributed by atoms with Gasteiger partial charge < -0.3 is 9.84 Å². The van der Waals surface area contributed by atoms with Crippen LogP contribution < -0.4 is 10.2 Å². The molecule has 178 valence electrons. The fourth-order valence-electron chi connectivity index (χ4n) is 3.23. The number of phenols is 1. The number of amides is 1. The van der Waals surface area contributed by atoms with Gasteiger partial charge in [-0.05, 0) is 52.7 Å². The zero-order chi connectivity index (χ0) is 24.8. The van der Waals surface area contributed by atoms with E-state index in [1.54, 1.807) is 12.1 Å². The topological polar surface area (TPSA) is 102 Å². The first-order valence-electron chi connectivity index (χ1n) is 10.6. The zero-order valence-electron chi connectivity index (χ0n) is 19.0. The first-order chi connectivity index (χ1) is 17.0. The van der Waals surface area contributed by atoms with Crippen LogP contribution >= 0.6 is 27.7 Å². The van der Waals surface area contributed by atoms with E-state index >= 15 is 0 Å². The van der Waals surface area contributed by atoms with Crippen LogP contribution in [0, 0.1) is 6.92 Å². The van der Waals surface area contributed by atoms with Gasteiger partial charge in [-0.1, -0.05) is 59.8 Å². The van der Waals surface area contributed by atoms with Crippen LogP contribution in [0.4, 0.5) is 0 Å². The molecule has 10 heteroatoms. The second-order valence-electron chi connectivity index (χ2n) is 7.48. The fourth-order valence-corrected chi connectivity index (χ4v) is 4.43. The summed E-state index contributed by atoms with van der Waals surface area (Å²) in [6.07, 6.45) is 1.47. The van der Waals surface area contributed by atoms with Crippen LogP contribution in [0.2, 0.25) is 0 Å². The van der Waals surface area contributed by atoms with Crippen molar-refractivity contribution >= 4 is 39.8 Å². The number of hydrogen-bond donors (Lipinski definition) is 2. The number of carbonyl (C=O) groups excluding carboxylic acids is 1. The SMILES string of the molecule is COc1cc(C=NNC(=O)CSc2nnc(-c3ccc(C)cc3)n2-c2ccccc2)cc(Br)c1O. The summed E-state index contributed by atoms with van der Waals surface area (Å²) in [4.78, 5) is 12.4. The summed E-state index contributed by atoms with van der Waals surface area (Å²) in [5.74, 6) is 0.795. The number of carbonyl (C=O) groups is 1. The zero-order valence-corrected chi connectivity index (χ0v) is 21.4. The van der Waals surface area contributed by atoms with Gasteiger partial charge in [-0.2, -0.15) is 5.10 Å². The molecule has 1 amide bonds. The minimum Gasteiger partial charge on any atom is -0.503 e. The summed E-state index contributed by atoms with van der Waals surface area (Å²) < 4.78 is 7.52. The van der Waals surface area contributed by atoms with Gasteiger partial charge in [0.1, 0.15) is 0 Å². The number of methoxy groups -OCH3 is 1. The number of rotatable bonds is 8. The van der Waals surface area contributed by atoms with E-state index in [0.29, 0.717) is 26.8 Å². The monoisotopic (exact) mass is 551 g/mol. The number of ether oxygens (including phenoxy) is 1. The highest BCUT2D eigenvalue weighted by molar-refractivity contribution is 9.10. The third-order valence-electron chi connectivity index (χ3n) is 4.96. The Morgan fingerprint density at radius 1 is 1.17 bits per heavy atom. The first-order valence-corrected chi connectivity index (χ1v) is 12.3. The highest BCUT2D eigenvalue weighted by Gasteiger charge is 2.17. The number of benzene rings is 3. The van der Waals surface area contributed by atoms with Gasteiger partial charge in [0.2, 0.25) is 0 Å². The second kappa shape index (κ2) is 11.2. The number of hydrogen-bond acceptors (Lipinski definition) is 7. The van der Waals surface area contributed by atoms with E-state index in [1.165, 1.54) is 25.1 Å². The molecule has 0 saturated heterocycles. The van der Waals surface area contributed by atoms with E-state index in [-0.39, 0.29) is 17.4 Å². The Hall–Kier alpha value is -3.63. The van der Waals surface area contributed by atoms with Gasteiger partial charge in [0, 0.05) is 11.3 Å². The number of aromatic hydroxyl groups is 1. The maximum atomic E-state index is 12.4. The third kappa shape index (κ3) is 5.90. The summed E-state index contributed by atoms with van der Waals surface area (Å²) in [5, 5.41) is 23.2. The molecule has 0 spiro atoms. The van der Waals surface area contributed by atoms with Crippen LogP contribution in [0.15, 0.2) is 81.5 Å². The Morgan fingerprint density at radius 2 is 1.91 bits per heavy atom. The summed E-state index contributed by atoms with van der Waals surface area (Å²) in [6, 6.07) is 21.1. The number of thioether (sulfide) groups is 1. The predicted octanol–water partition coefficient (Wildman–Crippen LogP) is 4.96.